The molecule has 3 aromatic rings. The summed E-state index contributed by atoms with van der Waals surface area (Å²) in [7, 11) is 0. The smallest absolute Gasteiger partial charge is 0.264 e. The van der Waals surface area contributed by atoms with Crippen LogP contribution < -0.4 is 10.9 Å². The molecule has 102 valence electrons. The summed E-state index contributed by atoms with van der Waals surface area (Å²) in [5, 5.41) is 8.79. The fourth-order valence-corrected chi connectivity index (χ4v) is 2.62. The van der Waals surface area contributed by atoms with Crippen LogP contribution >= 0.6 is 11.3 Å². The Labute approximate surface area is 119 Å². The van der Waals surface area contributed by atoms with Crippen LogP contribution in [0.25, 0.3) is 11.3 Å². The van der Waals surface area contributed by atoms with Gasteiger partial charge in [-0.2, -0.15) is 0 Å². The molecule has 0 aliphatic rings. The van der Waals surface area contributed by atoms with E-state index >= 15 is 0 Å². The number of anilines is 1. The average Bonchev–Trinajstić information content (AvgIpc) is 3.10. The minimum absolute atomic E-state index is 0.124. The zero-order valence-corrected chi connectivity index (χ0v) is 11.7. The second-order valence-corrected chi connectivity index (χ2v) is 5.44. The van der Waals surface area contributed by atoms with E-state index in [0.717, 1.165) is 16.9 Å². The van der Waals surface area contributed by atoms with Gasteiger partial charge in [-0.25, -0.2) is 0 Å². The van der Waals surface area contributed by atoms with Crippen LogP contribution in [0.15, 0.2) is 46.8 Å². The lowest BCUT2D eigenvalue weighted by atomic mass is 10.1. The van der Waals surface area contributed by atoms with Gasteiger partial charge in [-0.3, -0.25) is 20.0 Å². The molecule has 6 heteroatoms. The second kappa shape index (κ2) is 5.34. The average molecular weight is 286 g/mol. The Morgan fingerprint density at radius 2 is 2.05 bits per heavy atom. The largest absolute Gasteiger partial charge is 0.378 e. The molecule has 0 fully saturated rings. The summed E-state index contributed by atoms with van der Waals surface area (Å²) in [6.07, 6.45) is 1.88. The maximum atomic E-state index is 11.1. The number of hydrogen-bond donors (Lipinski definition) is 3. The number of nitrogens with zero attached hydrogens (tertiary/aromatic N) is 1. The van der Waals surface area contributed by atoms with E-state index in [2.05, 4.69) is 27.4 Å². The fraction of sp³-hybridized carbons (Fsp3) is 0.143. The molecule has 0 aliphatic heterocycles. The van der Waals surface area contributed by atoms with Crippen LogP contribution in [0, 0.1) is 0 Å². The number of rotatable bonds is 4. The monoisotopic (exact) mass is 286 g/mol. The standard InChI is InChI=1S/C14H14N4OS/c1-9(13-7-15-8-20-13)16-11-4-2-10(3-5-11)12-6-14(19)18-17-12/h2-9,16H,1H3,(H2,17,18,19). The van der Waals surface area contributed by atoms with E-state index < -0.39 is 0 Å². The highest BCUT2D eigenvalue weighted by atomic mass is 32.1. The third-order valence-corrected chi connectivity index (χ3v) is 4.01. The summed E-state index contributed by atoms with van der Waals surface area (Å²) in [6, 6.07) is 9.71. The summed E-state index contributed by atoms with van der Waals surface area (Å²) in [5.41, 5.74) is 4.50. The maximum absolute atomic E-state index is 11.1. The molecule has 2 aromatic heterocycles. The first kappa shape index (κ1) is 12.7. The molecule has 1 unspecified atom stereocenters. The Morgan fingerprint density at radius 1 is 1.25 bits per heavy atom. The van der Waals surface area contributed by atoms with Gasteiger partial charge in [0.1, 0.15) is 0 Å². The Bertz CT molecular complexity index is 727. The molecule has 0 saturated heterocycles. The van der Waals surface area contributed by atoms with Crippen molar-refractivity contribution in [2.45, 2.75) is 13.0 Å². The van der Waals surface area contributed by atoms with Crippen LogP contribution in [0.5, 0.6) is 0 Å². The van der Waals surface area contributed by atoms with Gasteiger partial charge in [0, 0.05) is 22.8 Å². The molecule has 20 heavy (non-hydrogen) atoms. The third kappa shape index (κ3) is 2.65. The number of hydrogen-bond acceptors (Lipinski definition) is 4. The van der Waals surface area contributed by atoms with Gasteiger partial charge < -0.3 is 5.32 Å². The van der Waals surface area contributed by atoms with E-state index in [4.69, 9.17) is 0 Å². The third-order valence-electron chi connectivity index (χ3n) is 3.05. The summed E-state index contributed by atoms with van der Waals surface area (Å²) in [5.74, 6) is 0. The van der Waals surface area contributed by atoms with Crippen LogP contribution in [0.4, 0.5) is 5.69 Å². The molecule has 3 rings (SSSR count). The minimum Gasteiger partial charge on any atom is -0.378 e. The number of thiazole rings is 1. The van der Waals surface area contributed by atoms with E-state index in [1.165, 1.54) is 4.88 Å². The lowest BCUT2D eigenvalue weighted by Gasteiger charge is -2.13. The zero-order valence-electron chi connectivity index (χ0n) is 10.9. The van der Waals surface area contributed by atoms with E-state index in [9.17, 15) is 4.79 Å². The number of aromatic amines is 2. The van der Waals surface area contributed by atoms with Crippen molar-refractivity contribution in [2.24, 2.45) is 0 Å². The van der Waals surface area contributed by atoms with Crippen LogP contribution in [0.1, 0.15) is 17.8 Å². The molecule has 0 bridgehead atoms. The van der Waals surface area contributed by atoms with E-state index in [1.807, 2.05) is 36.0 Å². The van der Waals surface area contributed by atoms with Crippen molar-refractivity contribution in [1.29, 1.82) is 0 Å². The minimum atomic E-state index is -0.124. The van der Waals surface area contributed by atoms with Crippen molar-refractivity contribution in [3.05, 3.63) is 57.3 Å². The number of H-pyrrole nitrogens is 2. The van der Waals surface area contributed by atoms with Gasteiger partial charge in [0.25, 0.3) is 5.56 Å². The first-order valence-electron chi connectivity index (χ1n) is 6.25. The number of aromatic nitrogens is 3. The molecular weight excluding hydrogens is 272 g/mol. The second-order valence-electron chi connectivity index (χ2n) is 4.52. The van der Waals surface area contributed by atoms with Gasteiger partial charge >= 0.3 is 0 Å². The van der Waals surface area contributed by atoms with Crippen LogP contribution in [-0.2, 0) is 0 Å². The molecule has 0 saturated carbocycles. The summed E-state index contributed by atoms with van der Waals surface area (Å²) >= 11 is 1.64. The van der Waals surface area contributed by atoms with Gasteiger partial charge in [-0.1, -0.05) is 12.1 Å². The van der Waals surface area contributed by atoms with Crippen molar-refractivity contribution < 1.29 is 0 Å². The SMILES string of the molecule is CC(Nc1ccc(-c2cc(=O)[nH][nH]2)cc1)c1cncs1. The number of benzene rings is 1. The predicted octanol–water partition coefficient (Wildman–Crippen LogP) is 3.00. The maximum Gasteiger partial charge on any atom is 0.264 e. The molecule has 0 radical (unpaired) electrons. The zero-order chi connectivity index (χ0) is 13.9. The topological polar surface area (TPSA) is 73.6 Å². The van der Waals surface area contributed by atoms with Crippen LogP contribution in [-0.4, -0.2) is 15.2 Å². The molecule has 0 aliphatic carbocycles. The van der Waals surface area contributed by atoms with Crippen molar-refractivity contribution in [3.63, 3.8) is 0 Å². The van der Waals surface area contributed by atoms with Gasteiger partial charge in [-0.15, -0.1) is 11.3 Å². The van der Waals surface area contributed by atoms with Gasteiger partial charge in [-0.05, 0) is 24.6 Å². The van der Waals surface area contributed by atoms with Crippen LogP contribution in [0.2, 0.25) is 0 Å². The lowest BCUT2D eigenvalue weighted by molar-refractivity contribution is 0.904. The molecule has 5 nitrogen and oxygen atoms in total. The van der Waals surface area contributed by atoms with Crippen molar-refractivity contribution in [3.8, 4) is 11.3 Å². The summed E-state index contributed by atoms with van der Waals surface area (Å²) in [4.78, 5) is 16.4. The van der Waals surface area contributed by atoms with Crippen LogP contribution in [0.3, 0.4) is 0 Å². The van der Waals surface area contributed by atoms with E-state index in [-0.39, 0.29) is 11.6 Å². The molecule has 1 atom stereocenters. The summed E-state index contributed by atoms with van der Waals surface area (Å²) in [6.45, 7) is 2.10. The Morgan fingerprint density at radius 3 is 2.65 bits per heavy atom. The predicted molar refractivity (Wildman–Crippen MR) is 81.0 cm³/mol. The molecule has 3 N–H and O–H groups in total. The Hall–Kier alpha value is -2.34. The summed E-state index contributed by atoms with van der Waals surface area (Å²) < 4.78 is 0. The highest BCUT2D eigenvalue weighted by Crippen LogP contribution is 2.23. The van der Waals surface area contributed by atoms with E-state index in [0.29, 0.717) is 0 Å². The Balaban J connectivity index is 1.75. The molecule has 2 heterocycles. The van der Waals surface area contributed by atoms with Gasteiger partial charge in [0.05, 0.1) is 17.2 Å². The quantitative estimate of drug-likeness (QED) is 0.690. The normalized spacial score (nSPS) is 12.2. The van der Waals surface area contributed by atoms with Crippen molar-refractivity contribution in [1.82, 2.24) is 15.2 Å². The molecular formula is C14H14N4OS. The van der Waals surface area contributed by atoms with E-state index in [1.54, 1.807) is 17.4 Å². The molecule has 0 spiro atoms. The van der Waals surface area contributed by atoms with Gasteiger partial charge in [0.2, 0.25) is 0 Å². The first-order valence-corrected chi connectivity index (χ1v) is 7.13. The van der Waals surface area contributed by atoms with Crippen molar-refractivity contribution >= 4 is 17.0 Å². The Kier molecular flexibility index (Phi) is 3.39. The number of nitrogens with one attached hydrogen (secondary N) is 3. The molecule has 1 aromatic carbocycles. The van der Waals surface area contributed by atoms with Crippen molar-refractivity contribution in [2.75, 3.05) is 5.32 Å². The molecule has 0 amide bonds. The van der Waals surface area contributed by atoms with Gasteiger partial charge in [0.15, 0.2) is 0 Å². The highest BCUT2D eigenvalue weighted by molar-refractivity contribution is 7.09. The highest BCUT2D eigenvalue weighted by Gasteiger charge is 2.07. The fourth-order valence-electron chi connectivity index (χ4n) is 1.99. The lowest BCUT2D eigenvalue weighted by Crippen LogP contribution is -2.04. The first-order chi connectivity index (χ1) is 9.72.